The molecule has 0 saturated carbocycles. The summed E-state index contributed by atoms with van der Waals surface area (Å²) < 4.78 is 0. The summed E-state index contributed by atoms with van der Waals surface area (Å²) >= 11 is 0. The van der Waals surface area contributed by atoms with Crippen molar-refractivity contribution in [2.75, 3.05) is 25.9 Å². The number of nitrogen functional groups attached to an aromatic ring is 1. The molecule has 0 unspecified atom stereocenters. The second kappa shape index (κ2) is 6.85. The van der Waals surface area contributed by atoms with Gasteiger partial charge in [0.05, 0.1) is 5.56 Å². The summed E-state index contributed by atoms with van der Waals surface area (Å²) in [7, 11) is 1.65. The van der Waals surface area contributed by atoms with Gasteiger partial charge in [-0.1, -0.05) is 0 Å². The molecule has 0 aliphatic carbocycles. The van der Waals surface area contributed by atoms with Crippen molar-refractivity contribution < 1.29 is 4.79 Å². The highest BCUT2D eigenvalue weighted by Crippen LogP contribution is 2.17. The first-order chi connectivity index (χ1) is 10.2. The Bertz CT molecular complexity index is 575. The molecule has 1 fully saturated rings. The van der Waals surface area contributed by atoms with E-state index in [1.165, 1.54) is 6.20 Å². The van der Waals surface area contributed by atoms with E-state index in [2.05, 4.69) is 20.6 Å². The summed E-state index contributed by atoms with van der Waals surface area (Å²) in [5, 5.41) is 6.14. The van der Waals surface area contributed by atoms with E-state index in [1.54, 1.807) is 25.5 Å². The number of carbonyl (C=O) groups excluding carboxylic acids is 1. The first-order valence-corrected chi connectivity index (χ1v) is 6.77. The Hall–Kier alpha value is -2.41. The molecular weight excluding hydrogens is 268 g/mol. The third-order valence-electron chi connectivity index (χ3n) is 3.34. The highest BCUT2D eigenvalue weighted by Gasteiger charge is 2.19. The molecule has 1 saturated heterocycles. The van der Waals surface area contributed by atoms with E-state index in [0.717, 1.165) is 19.5 Å². The molecule has 0 bridgehead atoms. The SMILES string of the molecule is CN=CC(=CN)c1cnc(N)c(C(=O)N[C@@H]2CCNC2)c1. The normalized spacial score (nSPS) is 19.1. The highest BCUT2D eigenvalue weighted by atomic mass is 16.1. The Morgan fingerprint density at radius 3 is 3.05 bits per heavy atom. The summed E-state index contributed by atoms with van der Waals surface area (Å²) in [6.45, 7) is 1.68. The van der Waals surface area contributed by atoms with Crippen LogP contribution in [0.15, 0.2) is 23.5 Å². The largest absolute Gasteiger partial charge is 0.404 e. The van der Waals surface area contributed by atoms with Crippen molar-refractivity contribution in [3.63, 3.8) is 0 Å². The lowest BCUT2D eigenvalue weighted by atomic mass is 10.1. The fourth-order valence-corrected chi connectivity index (χ4v) is 2.21. The predicted molar refractivity (Wildman–Crippen MR) is 84.0 cm³/mol. The quantitative estimate of drug-likeness (QED) is 0.570. The van der Waals surface area contributed by atoms with Crippen LogP contribution in [0, 0.1) is 0 Å². The molecule has 1 aliphatic rings. The Morgan fingerprint density at radius 2 is 2.43 bits per heavy atom. The molecule has 0 aromatic carbocycles. The molecule has 7 heteroatoms. The van der Waals surface area contributed by atoms with Gasteiger partial charge in [-0.15, -0.1) is 0 Å². The van der Waals surface area contributed by atoms with Gasteiger partial charge in [0.15, 0.2) is 0 Å². The fraction of sp³-hybridized carbons (Fsp3) is 0.357. The van der Waals surface area contributed by atoms with Gasteiger partial charge in [0, 0.05) is 49.4 Å². The molecule has 1 amide bonds. The number of rotatable bonds is 4. The standard InChI is InChI=1S/C14H20N6O/c1-17-6-10(5-15)9-4-12(13(16)19-7-9)14(21)20-11-2-3-18-8-11/h4-7,11,18H,2-3,8,15H2,1H3,(H2,16,19)(H,20,21)/t11-/m1/s1. The van der Waals surface area contributed by atoms with Crippen LogP contribution in [0.2, 0.25) is 0 Å². The first kappa shape index (κ1) is 15.0. The topological polar surface area (TPSA) is 118 Å². The van der Waals surface area contributed by atoms with Gasteiger partial charge >= 0.3 is 0 Å². The molecule has 2 heterocycles. The van der Waals surface area contributed by atoms with Crippen molar-refractivity contribution in [1.82, 2.24) is 15.6 Å². The van der Waals surface area contributed by atoms with Gasteiger partial charge in [0.25, 0.3) is 5.91 Å². The van der Waals surface area contributed by atoms with Gasteiger partial charge in [-0.25, -0.2) is 4.98 Å². The van der Waals surface area contributed by atoms with Crippen LogP contribution in [0.4, 0.5) is 5.82 Å². The lowest BCUT2D eigenvalue weighted by molar-refractivity contribution is 0.0940. The highest BCUT2D eigenvalue weighted by molar-refractivity contribution is 6.10. The van der Waals surface area contributed by atoms with Gasteiger partial charge in [0.1, 0.15) is 5.82 Å². The van der Waals surface area contributed by atoms with E-state index in [-0.39, 0.29) is 17.8 Å². The minimum atomic E-state index is -0.222. The van der Waals surface area contributed by atoms with Crippen molar-refractivity contribution in [2.45, 2.75) is 12.5 Å². The molecule has 6 N–H and O–H groups in total. The number of anilines is 1. The first-order valence-electron chi connectivity index (χ1n) is 6.77. The molecule has 0 radical (unpaired) electrons. The second-order valence-corrected chi connectivity index (χ2v) is 4.83. The van der Waals surface area contributed by atoms with Crippen LogP contribution < -0.4 is 22.1 Å². The van der Waals surface area contributed by atoms with Crippen LogP contribution >= 0.6 is 0 Å². The predicted octanol–water partition coefficient (Wildman–Crippen LogP) is -0.244. The monoisotopic (exact) mass is 288 g/mol. The molecule has 21 heavy (non-hydrogen) atoms. The van der Waals surface area contributed by atoms with Crippen molar-refractivity contribution in [1.29, 1.82) is 0 Å². The van der Waals surface area contributed by atoms with Crippen LogP contribution in [0.3, 0.4) is 0 Å². The summed E-state index contributed by atoms with van der Waals surface area (Å²) in [4.78, 5) is 20.3. The zero-order chi connectivity index (χ0) is 15.2. The smallest absolute Gasteiger partial charge is 0.255 e. The van der Waals surface area contributed by atoms with Gasteiger partial charge in [-0.3, -0.25) is 9.79 Å². The zero-order valence-corrected chi connectivity index (χ0v) is 12.0. The number of aromatic nitrogens is 1. The van der Waals surface area contributed by atoms with E-state index in [9.17, 15) is 4.79 Å². The number of carbonyl (C=O) groups is 1. The molecule has 1 atom stereocenters. The zero-order valence-electron chi connectivity index (χ0n) is 12.0. The van der Waals surface area contributed by atoms with Gasteiger partial charge in [-0.05, 0) is 19.0 Å². The number of nitrogens with zero attached hydrogens (tertiary/aromatic N) is 2. The number of nitrogens with one attached hydrogen (secondary N) is 2. The molecule has 7 nitrogen and oxygen atoms in total. The van der Waals surface area contributed by atoms with Crippen LogP contribution in [-0.4, -0.2) is 43.3 Å². The number of aliphatic imine (C=N–C) groups is 1. The third kappa shape index (κ3) is 3.57. The number of amides is 1. The Labute approximate surface area is 123 Å². The summed E-state index contributed by atoms with van der Waals surface area (Å²) in [6, 6.07) is 1.81. The summed E-state index contributed by atoms with van der Waals surface area (Å²) in [5.74, 6) is -0.0210. The summed E-state index contributed by atoms with van der Waals surface area (Å²) in [6.07, 6.45) is 5.51. The molecule has 0 spiro atoms. The van der Waals surface area contributed by atoms with Crippen molar-refractivity contribution in [2.24, 2.45) is 10.7 Å². The van der Waals surface area contributed by atoms with Crippen LogP contribution in [-0.2, 0) is 0 Å². The van der Waals surface area contributed by atoms with E-state index in [0.29, 0.717) is 16.7 Å². The van der Waals surface area contributed by atoms with Crippen LogP contribution in [0.5, 0.6) is 0 Å². The third-order valence-corrected chi connectivity index (χ3v) is 3.34. The van der Waals surface area contributed by atoms with Gasteiger partial charge in [-0.2, -0.15) is 0 Å². The second-order valence-electron chi connectivity index (χ2n) is 4.83. The molecule has 2 rings (SSSR count). The average Bonchev–Trinajstić information content (AvgIpc) is 2.98. The average molecular weight is 288 g/mol. The molecule has 1 aromatic heterocycles. The van der Waals surface area contributed by atoms with Crippen LogP contribution in [0.25, 0.3) is 5.57 Å². The molecule has 1 aromatic rings. The van der Waals surface area contributed by atoms with E-state index in [4.69, 9.17) is 11.5 Å². The maximum absolute atomic E-state index is 12.3. The number of nitrogens with two attached hydrogens (primary N) is 2. The minimum absolute atomic E-state index is 0.127. The van der Waals surface area contributed by atoms with Gasteiger partial charge in [0.2, 0.25) is 0 Å². The Morgan fingerprint density at radius 1 is 1.62 bits per heavy atom. The van der Waals surface area contributed by atoms with Crippen LogP contribution in [0.1, 0.15) is 22.3 Å². The van der Waals surface area contributed by atoms with E-state index in [1.807, 2.05) is 0 Å². The minimum Gasteiger partial charge on any atom is -0.404 e. The maximum Gasteiger partial charge on any atom is 0.255 e. The number of hydrogen-bond acceptors (Lipinski definition) is 6. The number of hydrogen-bond donors (Lipinski definition) is 4. The Balaban J connectivity index is 2.23. The maximum atomic E-state index is 12.3. The molecule has 112 valence electrons. The lowest BCUT2D eigenvalue weighted by Gasteiger charge is -2.13. The lowest BCUT2D eigenvalue weighted by Crippen LogP contribution is -2.36. The van der Waals surface area contributed by atoms with Crippen molar-refractivity contribution >= 4 is 23.5 Å². The Kier molecular flexibility index (Phi) is 4.89. The fourth-order valence-electron chi connectivity index (χ4n) is 2.21. The molecule has 1 aliphatic heterocycles. The van der Waals surface area contributed by atoms with Gasteiger partial charge < -0.3 is 22.1 Å². The molecular formula is C14H20N6O. The number of allylic oxidation sites excluding steroid dienone is 1. The van der Waals surface area contributed by atoms with Crippen molar-refractivity contribution in [3.05, 3.63) is 29.6 Å². The van der Waals surface area contributed by atoms with E-state index < -0.39 is 0 Å². The summed E-state index contributed by atoms with van der Waals surface area (Å²) in [5.41, 5.74) is 13.1. The van der Waals surface area contributed by atoms with E-state index >= 15 is 0 Å². The van der Waals surface area contributed by atoms with Crippen molar-refractivity contribution in [3.8, 4) is 0 Å². The number of pyridine rings is 1.